The van der Waals surface area contributed by atoms with Crippen molar-refractivity contribution in [3.8, 4) is 0 Å². The fraction of sp³-hybridized carbons (Fsp3) is 0.792. The van der Waals surface area contributed by atoms with E-state index >= 15 is 0 Å². The van der Waals surface area contributed by atoms with Crippen LogP contribution in [0.5, 0.6) is 0 Å². The number of aliphatic hydroxyl groups excluding tert-OH is 6. The van der Waals surface area contributed by atoms with Crippen LogP contribution >= 0.6 is 0 Å². The topological polar surface area (TPSA) is 159 Å². The molecule has 0 fully saturated rings. The zero-order chi connectivity index (χ0) is 24.6. The molecule has 8 heteroatoms. The molecule has 4 atom stereocenters. The van der Waals surface area contributed by atoms with Crippen molar-refractivity contribution in [2.24, 2.45) is 0 Å². The molecule has 0 saturated heterocycles. The highest BCUT2D eigenvalue weighted by atomic mass is 16.4. The number of unbranched alkanes of at least 4 members (excludes halogenated alkanes) is 8. The molecule has 0 aromatic rings. The molecule has 0 spiro atoms. The second kappa shape index (κ2) is 24.4. The molecule has 0 amide bonds. The molecule has 190 valence electrons. The third-order valence-electron chi connectivity index (χ3n) is 4.85. The Hall–Kier alpha value is -1.29. The van der Waals surface area contributed by atoms with Gasteiger partial charge in [-0.15, -0.1) is 0 Å². The van der Waals surface area contributed by atoms with Crippen molar-refractivity contribution in [1.29, 1.82) is 0 Å². The third-order valence-corrected chi connectivity index (χ3v) is 4.85. The van der Waals surface area contributed by atoms with Crippen molar-refractivity contribution in [2.45, 2.75) is 108 Å². The molecule has 32 heavy (non-hydrogen) atoms. The number of allylic oxidation sites excluding steroid dienone is 4. The Kier molecular flexibility index (Phi) is 25.0. The van der Waals surface area contributed by atoms with E-state index in [1.54, 1.807) is 0 Å². The lowest BCUT2D eigenvalue weighted by Gasteiger charge is -2.24. The van der Waals surface area contributed by atoms with Crippen LogP contribution < -0.4 is 0 Å². The Bertz CT molecular complexity index is 453. The number of aliphatic carboxylic acids is 1. The van der Waals surface area contributed by atoms with Gasteiger partial charge in [-0.3, -0.25) is 4.79 Å². The first-order chi connectivity index (χ1) is 15.3. The van der Waals surface area contributed by atoms with Gasteiger partial charge in [0.2, 0.25) is 0 Å². The van der Waals surface area contributed by atoms with Crippen LogP contribution in [0, 0.1) is 0 Å². The fourth-order valence-electron chi connectivity index (χ4n) is 2.76. The van der Waals surface area contributed by atoms with E-state index in [0.29, 0.717) is 6.42 Å². The highest BCUT2D eigenvalue weighted by Crippen LogP contribution is 2.08. The van der Waals surface area contributed by atoms with Crippen molar-refractivity contribution in [2.75, 3.05) is 13.2 Å². The number of carboxylic acids is 1. The minimum absolute atomic E-state index is 0.324. The molecule has 8 nitrogen and oxygen atoms in total. The third kappa shape index (κ3) is 21.9. The summed E-state index contributed by atoms with van der Waals surface area (Å²) >= 11 is 0. The molecule has 0 rings (SSSR count). The van der Waals surface area contributed by atoms with Crippen LogP contribution in [0.2, 0.25) is 0 Å². The van der Waals surface area contributed by atoms with Gasteiger partial charge in [0.1, 0.15) is 24.4 Å². The normalized spacial score (nSPS) is 15.3. The monoisotopic (exact) mass is 462 g/mol. The summed E-state index contributed by atoms with van der Waals surface area (Å²) < 4.78 is 0. The zero-order valence-electron chi connectivity index (χ0n) is 19.6. The molecule has 0 heterocycles. The predicted molar refractivity (Wildman–Crippen MR) is 125 cm³/mol. The first-order valence-corrected chi connectivity index (χ1v) is 11.8. The number of carboxylic acid groups (broad SMARTS) is 1. The molecular formula is C24H46O8. The van der Waals surface area contributed by atoms with Gasteiger partial charge in [-0.2, -0.15) is 0 Å². The Morgan fingerprint density at radius 1 is 0.688 bits per heavy atom. The second-order valence-electron chi connectivity index (χ2n) is 7.86. The maximum Gasteiger partial charge on any atom is 0.303 e. The zero-order valence-corrected chi connectivity index (χ0v) is 19.6. The lowest BCUT2D eigenvalue weighted by molar-refractivity contribution is -0.137. The number of rotatable bonds is 19. The van der Waals surface area contributed by atoms with E-state index in [2.05, 4.69) is 31.2 Å². The van der Waals surface area contributed by atoms with Gasteiger partial charge in [0.25, 0.3) is 0 Å². The molecule has 7 N–H and O–H groups in total. The van der Waals surface area contributed by atoms with Gasteiger partial charge in [0.15, 0.2) is 0 Å². The summed E-state index contributed by atoms with van der Waals surface area (Å²) in [5.41, 5.74) is 0. The number of hydrogen-bond acceptors (Lipinski definition) is 7. The van der Waals surface area contributed by atoms with Crippen LogP contribution in [-0.2, 0) is 4.79 Å². The maximum atomic E-state index is 10.3. The summed E-state index contributed by atoms with van der Waals surface area (Å²) in [5, 5.41) is 60.7. The minimum Gasteiger partial charge on any atom is -0.481 e. The molecule has 0 unspecified atom stereocenters. The van der Waals surface area contributed by atoms with Crippen molar-refractivity contribution in [3.05, 3.63) is 24.3 Å². The van der Waals surface area contributed by atoms with Crippen LogP contribution in [0.15, 0.2) is 24.3 Å². The summed E-state index contributed by atoms with van der Waals surface area (Å²) in [4.78, 5) is 10.3. The average Bonchev–Trinajstić information content (AvgIpc) is 2.79. The predicted octanol–water partition coefficient (Wildman–Crippen LogP) is 2.30. The van der Waals surface area contributed by atoms with E-state index < -0.39 is 43.6 Å². The fourth-order valence-corrected chi connectivity index (χ4v) is 2.76. The second-order valence-corrected chi connectivity index (χ2v) is 7.86. The average molecular weight is 463 g/mol. The Balaban J connectivity index is 0. The van der Waals surface area contributed by atoms with Crippen LogP contribution in [-0.4, -0.2) is 79.3 Å². The van der Waals surface area contributed by atoms with E-state index in [9.17, 15) is 4.79 Å². The van der Waals surface area contributed by atoms with Gasteiger partial charge in [-0.1, -0.05) is 63.3 Å². The lowest BCUT2D eigenvalue weighted by Crippen LogP contribution is -2.46. The highest BCUT2D eigenvalue weighted by molar-refractivity contribution is 5.66. The Labute approximate surface area is 192 Å². The molecule has 0 aliphatic carbocycles. The van der Waals surface area contributed by atoms with Gasteiger partial charge in [-0.25, -0.2) is 0 Å². The molecular weight excluding hydrogens is 416 g/mol. The quantitative estimate of drug-likeness (QED) is 0.114. The summed E-state index contributed by atoms with van der Waals surface area (Å²) in [5.74, 6) is -0.671. The molecule has 0 saturated carbocycles. The molecule has 0 aliphatic rings. The summed E-state index contributed by atoms with van der Waals surface area (Å²) in [7, 11) is 0. The van der Waals surface area contributed by atoms with Gasteiger partial charge in [0, 0.05) is 6.42 Å². The van der Waals surface area contributed by atoms with Crippen LogP contribution in [0.4, 0.5) is 0 Å². The number of carbonyl (C=O) groups is 1. The SMILES string of the molecule is CCCCC/C=C\C/C=C\CCCCCCCC(=O)O.OC[C@@H](O)[C@@H](O)[C@H](O)[C@@H](O)CO. The van der Waals surface area contributed by atoms with E-state index in [1.807, 2.05) is 0 Å². The maximum absolute atomic E-state index is 10.3. The lowest BCUT2D eigenvalue weighted by atomic mass is 10.0. The minimum atomic E-state index is -1.67. The van der Waals surface area contributed by atoms with Crippen LogP contribution in [0.1, 0.15) is 84.0 Å². The van der Waals surface area contributed by atoms with Gasteiger partial charge in [0.05, 0.1) is 13.2 Å². The molecule has 0 bridgehead atoms. The van der Waals surface area contributed by atoms with Gasteiger partial charge >= 0.3 is 5.97 Å². The van der Waals surface area contributed by atoms with E-state index in [4.69, 9.17) is 35.7 Å². The van der Waals surface area contributed by atoms with Crippen LogP contribution in [0.25, 0.3) is 0 Å². The van der Waals surface area contributed by atoms with E-state index in [0.717, 1.165) is 25.7 Å². The van der Waals surface area contributed by atoms with Gasteiger partial charge < -0.3 is 35.7 Å². The standard InChI is InChI=1S/C18H32O2.C6H14O6/c1-2-3-4-5-6-7-8-9-10-11-12-13-14-15-16-17-18(19)20;7-1-3(9)5(11)6(12)4(10)2-8/h6-7,9-10H,2-5,8,11-17H2,1H3,(H,19,20);3-12H,1-2H2/b7-6-,10-9-;/t;3-,4+,5-,6-/m.1/s1. The smallest absolute Gasteiger partial charge is 0.303 e. The van der Waals surface area contributed by atoms with E-state index in [1.165, 1.54) is 44.9 Å². The summed E-state index contributed by atoms with van der Waals surface area (Å²) in [6.45, 7) is 0.783. The van der Waals surface area contributed by atoms with E-state index in [-0.39, 0.29) is 0 Å². The van der Waals surface area contributed by atoms with Crippen LogP contribution in [0.3, 0.4) is 0 Å². The van der Waals surface area contributed by atoms with Gasteiger partial charge in [-0.05, 0) is 38.5 Å². The number of aliphatic hydroxyl groups is 6. The number of hydrogen-bond donors (Lipinski definition) is 7. The van der Waals surface area contributed by atoms with Crippen molar-refractivity contribution in [1.82, 2.24) is 0 Å². The first-order valence-electron chi connectivity index (χ1n) is 11.8. The van der Waals surface area contributed by atoms with Crippen molar-refractivity contribution < 1.29 is 40.5 Å². The molecule has 0 aromatic heterocycles. The van der Waals surface area contributed by atoms with Crippen molar-refractivity contribution >= 4 is 5.97 Å². The van der Waals surface area contributed by atoms with Crippen molar-refractivity contribution in [3.63, 3.8) is 0 Å². The molecule has 0 radical (unpaired) electrons. The summed E-state index contributed by atoms with van der Waals surface area (Å²) in [6.07, 6.45) is 15.9. The molecule has 0 aliphatic heterocycles. The molecule has 0 aromatic carbocycles. The first kappa shape index (κ1) is 32.9. The summed E-state index contributed by atoms with van der Waals surface area (Å²) in [6, 6.07) is 0. The largest absolute Gasteiger partial charge is 0.481 e. The highest BCUT2D eigenvalue weighted by Gasteiger charge is 2.29. The Morgan fingerprint density at radius 3 is 1.56 bits per heavy atom. The Morgan fingerprint density at radius 2 is 1.12 bits per heavy atom.